The normalized spacial score (nSPS) is 14.4. The standard InChI is InChI=1S/C4H14N2O6P2/c5-4(6,14(10,11)12)2-1-3-13(7,8)9/h1-3,5-6H2,(H2,7,8,9)(H2,10,11,12). The lowest BCUT2D eigenvalue weighted by Crippen LogP contribution is -2.48. The fourth-order valence-electron chi connectivity index (χ4n) is 0.714. The van der Waals surface area contributed by atoms with Crippen LogP contribution >= 0.6 is 15.2 Å². The maximum Gasteiger partial charge on any atom is 0.359 e. The number of rotatable bonds is 5. The third-order valence-corrected chi connectivity index (χ3v) is 3.78. The molecule has 0 atom stereocenters. The van der Waals surface area contributed by atoms with Gasteiger partial charge in [-0.05, 0) is 12.8 Å². The van der Waals surface area contributed by atoms with Crippen molar-refractivity contribution in [1.82, 2.24) is 0 Å². The van der Waals surface area contributed by atoms with E-state index < -0.39 is 26.8 Å². The molecule has 0 aromatic heterocycles. The van der Waals surface area contributed by atoms with Crippen molar-refractivity contribution in [1.29, 1.82) is 0 Å². The summed E-state index contributed by atoms with van der Waals surface area (Å²) in [7, 11) is -8.82. The van der Waals surface area contributed by atoms with Crippen LogP contribution in [-0.2, 0) is 9.13 Å². The first-order valence-electron chi connectivity index (χ1n) is 3.64. The molecule has 14 heavy (non-hydrogen) atoms. The largest absolute Gasteiger partial charge is 0.359 e. The van der Waals surface area contributed by atoms with Gasteiger partial charge in [-0.15, -0.1) is 0 Å². The van der Waals surface area contributed by atoms with Gasteiger partial charge in [0.25, 0.3) is 0 Å². The Morgan fingerprint density at radius 2 is 1.50 bits per heavy atom. The van der Waals surface area contributed by atoms with Gasteiger partial charge in [0.05, 0.1) is 0 Å². The molecule has 0 saturated heterocycles. The van der Waals surface area contributed by atoms with Crippen molar-refractivity contribution in [2.75, 3.05) is 6.16 Å². The SMILES string of the molecule is NC(N)(CCCP(=O)(O)O)P(=O)(O)O. The molecule has 0 heterocycles. The van der Waals surface area contributed by atoms with E-state index in [-0.39, 0.29) is 12.8 Å². The molecule has 0 rings (SSSR count). The molecule has 0 aromatic rings. The number of nitrogens with two attached hydrogens (primary N) is 2. The van der Waals surface area contributed by atoms with Gasteiger partial charge in [-0.25, -0.2) is 0 Å². The molecule has 0 unspecified atom stereocenters. The van der Waals surface area contributed by atoms with Crippen LogP contribution in [0, 0.1) is 0 Å². The lowest BCUT2D eigenvalue weighted by Gasteiger charge is -2.25. The van der Waals surface area contributed by atoms with Gasteiger partial charge in [0, 0.05) is 6.16 Å². The molecule has 0 fully saturated rings. The third kappa shape index (κ3) is 5.19. The molecule has 0 amide bonds. The van der Waals surface area contributed by atoms with Gasteiger partial charge in [0.15, 0.2) is 5.40 Å². The quantitative estimate of drug-likeness (QED) is 0.257. The van der Waals surface area contributed by atoms with E-state index in [1.807, 2.05) is 0 Å². The van der Waals surface area contributed by atoms with E-state index >= 15 is 0 Å². The monoisotopic (exact) mass is 248 g/mol. The second-order valence-electron chi connectivity index (χ2n) is 3.03. The van der Waals surface area contributed by atoms with Gasteiger partial charge in [-0.1, -0.05) is 0 Å². The second-order valence-corrected chi connectivity index (χ2v) is 6.72. The van der Waals surface area contributed by atoms with Gasteiger partial charge in [-0.2, -0.15) is 0 Å². The van der Waals surface area contributed by atoms with E-state index in [9.17, 15) is 9.13 Å². The molecule has 0 aliphatic rings. The van der Waals surface area contributed by atoms with Gasteiger partial charge >= 0.3 is 15.2 Å². The zero-order chi connectivity index (χ0) is 11.6. The molecule has 0 bridgehead atoms. The van der Waals surface area contributed by atoms with Crippen molar-refractivity contribution in [2.24, 2.45) is 11.5 Å². The van der Waals surface area contributed by atoms with Crippen LogP contribution in [0.1, 0.15) is 12.8 Å². The first-order valence-corrected chi connectivity index (χ1v) is 7.05. The Kier molecular flexibility index (Phi) is 4.45. The summed E-state index contributed by atoms with van der Waals surface area (Å²) < 4.78 is 21.0. The molecular weight excluding hydrogens is 234 g/mol. The fraction of sp³-hybridized carbons (Fsp3) is 1.00. The third-order valence-electron chi connectivity index (χ3n) is 1.57. The Balaban J connectivity index is 4.15. The van der Waals surface area contributed by atoms with Crippen molar-refractivity contribution < 1.29 is 28.7 Å². The van der Waals surface area contributed by atoms with Crippen LogP contribution in [0.25, 0.3) is 0 Å². The average Bonchev–Trinajstić information content (AvgIpc) is 1.80. The van der Waals surface area contributed by atoms with E-state index in [0.29, 0.717) is 0 Å². The molecule has 0 aliphatic heterocycles. The summed E-state index contributed by atoms with van der Waals surface area (Å²) in [5, 5.41) is -2.22. The maximum atomic E-state index is 10.7. The van der Waals surface area contributed by atoms with Gasteiger partial charge in [0.2, 0.25) is 0 Å². The van der Waals surface area contributed by atoms with Crippen LogP contribution in [0.5, 0.6) is 0 Å². The molecule has 0 saturated carbocycles. The Hall–Kier alpha value is 0.220. The van der Waals surface area contributed by atoms with Crippen molar-refractivity contribution >= 4 is 15.2 Å². The van der Waals surface area contributed by atoms with Crippen LogP contribution in [0.15, 0.2) is 0 Å². The van der Waals surface area contributed by atoms with Crippen LogP contribution in [-0.4, -0.2) is 31.1 Å². The zero-order valence-corrected chi connectivity index (χ0v) is 9.06. The van der Waals surface area contributed by atoms with Crippen molar-refractivity contribution in [3.63, 3.8) is 0 Å². The van der Waals surface area contributed by atoms with Crippen LogP contribution < -0.4 is 11.5 Å². The molecule has 8 N–H and O–H groups in total. The van der Waals surface area contributed by atoms with Gasteiger partial charge < -0.3 is 31.0 Å². The van der Waals surface area contributed by atoms with E-state index in [2.05, 4.69) is 0 Å². The summed E-state index contributed by atoms with van der Waals surface area (Å²) in [6.07, 6.45) is -1.01. The Morgan fingerprint density at radius 1 is 1.07 bits per heavy atom. The summed E-state index contributed by atoms with van der Waals surface area (Å²) >= 11 is 0. The molecule has 8 nitrogen and oxygen atoms in total. The van der Waals surface area contributed by atoms with Crippen molar-refractivity contribution in [2.45, 2.75) is 18.2 Å². The minimum absolute atomic E-state index is 0.150. The number of hydrogen-bond acceptors (Lipinski definition) is 4. The van der Waals surface area contributed by atoms with E-state index in [0.717, 1.165) is 0 Å². The van der Waals surface area contributed by atoms with Crippen LogP contribution in [0.3, 0.4) is 0 Å². The van der Waals surface area contributed by atoms with Gasteiger partial charge in [0.1, 0.15) is 0 Å². The van der Waals surface area contributed by atoms with Crippen LogP contribution in [0.4, 0.5) is 0 Å². The molecular formula is C4H14N2O6P2. The summed E-state index contributed by atoms with van der Waals surface area (Å²) in [4.78, 5) is 34.2. The average molecular weight is 248 g/mol. The van der Waals surface area contributed by atoms with Crippen molar-refractivity contribution in [3.05, 3.63) is 0 Å². The van der Waals surface area contributed by atoms with E-state index in [1.54, 1.807) is 0 Å². The lowest BCUT2D eigenvalue weighted by molar-refractivity contribution is 0.315. The first-order chi connectivity index (χ1) is 5.96. The highest BCUT2D eigenvalue weighted by Crippen LogP contribution is 2.47. The fourth-order valence-corrected chi connectivity index (χ4v) is 1.73. The Bertz CT molecular complexity index is 280. The highest BCUT2D eigenvalue weighted by molar-refractivity contribution is 7.53. The summed E-state index contributed by atoms with van der Waals surface area (Å²) in [5.41, 5.74) is 10.2. The van der Waals surface area contributed by atoms with E-state index in [4.69, 9.17) is 31.0 Å². The number of hydrogen-bond donors (Lipinski definition) is 6. The maximum absolute atomic E-state index is 10.7. The minimum Gasteiger partial charge on any atom is -0.324 e. The van der Waals surface area contributed by atoms with E-state index in [1.165, 1.54) is 0 Å². The highest BCUT2D eigenvalue weighted by Gasteiger charge is 2.39. The zero-order valence-electron chi connectivity index (χ0n) is 7.28. The van der Waals surface area contributed by atoms with Crippen LogP contribution in [0.2, 0.25) is 0 Å². The minimum atomic E-state index is -4.65. The summed E-state index contributed by atoms with van der Waals surface area (Å²) in [6, 6.07) is 0. The second kappa shape index (κ2) is 4.38. The summed E-state index contributed by atoms with van der Waals surface area (Å²) in [6.45, 7) is 0. The molecule has 10 heteroatoms. The van der Waals surface area contributed by atoms with Crippen molar-refractivity contribution in [3.8, 4) is 0 Å². The smallest absolute Gasteiger partial charge is 0.324 e. The summed E-state index contributed by atoms with van der Waals surface area (Å²) in [5.74, 6) is 0. The van der Waals surface area contributed by atoms with Gasteiger partial charge in [-0.3, -0.25) is 9.13 Å². The molecule has 0 radical (unpaired) electrons. The Labute approximate surface area is 80.6 Å². The molecule has 0 aliphatic carbocycles. The topological polar surface area (TPSA) is 167 Å². The highest BCUT2D eigenvalue weighted by atomic mass is 31.2. The Morgan fingerprint density at radius 3 is 1.79 bits per heavy atom. The predicted molar refractivity (Wildman–Crippen MR) is 49.3 cm³/mol. The molecule has 0 aromatic carbocycles. The first kappa shape index (κ1) is 14.2. The lowest BCUT2D eigenvalue weighted by atomic mass is 10.3. The molecule has 86 valence electrons. The predicted octanol–water partition coefficient (Wildman–Crippen LogP) is -1.31. The molecule has 0 spiro atoms.